The van der Waals surface area contributed by atoms with Gasteiger partial charge < -0.3 is 9.80 Å². The summed E-state index contributed by atoms with van der Waals surface area (Å²) in [5.41, 5.74) is 0.648. The lowest BCUT2D eigenvalue weighted by molar-refractivity contribution is -0.138. The van der Waals surface area contributed by atoms with Crippen LogP contribution in [-0.2, 0) is 11.3 Å². The van der Waals surface area contributed by atoms with Crippen LogP contribution in [0.1, 0.15) is 65.2 Å². The average Bonchev–Trinajstić information content (AvgIpc) is 2.74. The first kappa shape index (κ1) is 24.1. The second-order valence-corrected chi connectivity index (χ2v) is 8.29. The molecule has 6 heteroatoms. The number of nitrogens with zero attached hydrogens (tertiary/aromatic N) is 4. The first-order chi connectivity index (χ1) is 14.3. The third kappa shape index (κ3) is 5.48. The standard InChI is InChI=1S/C24H38N4O2/c1-7-10-13-19(8-2)23(29)28(17-16-26(5)6)18(4)22-25-21-15-12-11-14-20(21)24(30)27(22)9-3/h11-12,14-15,18-19H,7-10,13,16-17H2,1-6H3. The van der Waals surface area contributed by atoms with Crippen molar-refractivity contribution in [3.8, 4) is 0 Å². The van der Waals surface area contributed by atoms with E-state index in [-0.39, 0.29) is 23.4 Å². The monoisotopic (exact) mass is 414 g/mol. The number of amides is 1. The number of hydrogen-bond donors (Lipinski definition) is 0. The molecule has 1 aromatic carbocycles. The van der Waals surface area contributed by atoms with Crippen LogP contribution in [-0.4, -0.2) is 52.4 Å². The highest BCUT2D eigenvalue weighted by atomic mass is 16.2. The number of carbonyl (C=O) groups excluding carboxylic acids is 1. The SMILES string of the molecule is CCCCC(CC)C(=O)N(CCN(C)C)C(C)c1nc2ccccc2c(=O)n1CC. The number of carbonyl (C=O) groups is 1. The summed E-state index contributed by atoms with van der Waals surface area (Å²) in [5.74, 6) is 0.848. The van der Waals surface area contributed by atoms with E-state index in [2.05, 4.69) is 18.7 Å². The maximum atomic E-state index is 13.5. The van der Waals surface area contributed by atoms with Gasteiger partial charge in [-0.05, 0) is 52.9 Å². The van der Waals surface area contributed by atoms with Crippen molar-refractivity contribution >= 4 is 16.8 Å². The molecule has 0 saturated carbocycles. The van der Waals surface area contributed by atoms with E-state index in [0.717, 1.165) is 32.2 Å². The Morgan fingerprint density at radius 2 is 1.83 bits per heavy atom. The molecule has 6 nitrogen and oxygen atoms in total. The highest BCUT2D eigenvalue weighted by molar-refractivity contribution is 5.80. The molecule has 0 fully saturated rings. The predicted molar refractivity (Wildman–Crippen MR) is 124 cm³/mol. The number of fused-ring (bicyclic) bond motifs is 1. The minimum Gasteiger partial charge on any atom is -0.331 e. The molecule has 2 rings (SSSR count). The van der Waals surface area contributed by atoms with Crippen molar-refractivity contribution in [1.82, 2.24) is 19.4 Å². The molecule has 2 atom stereocenters. The van der Waals surface area contributed by atoms with Gasteiger partial charge in [-0.1, -0.05) is 38.8 Å². The maximum Gasteiger partial charge on any atom is 0.261 e. The molecule has 0 aliphatic rings. The third-order valence-electron chi connectivity index (χ3n) is 5.87. The van der Waals surface area contributed by atoms with Crippen molar-refractivity contribution in [2.75, 3.05) is 27.2 Å². The summed E-state index contributed by atoms with van der Waals surface area (Å²) < 4.78 is 1.72. The molecule has 0 spiro atoms. The molecule has 0 aliphatic heterocycles. The number of para-hydroxylation sites is 1. The molecular formula is C24H38N4O2. The minimum absolute atomic E-state index is 0.0109. The van der Waals surface area contributed by atoms with Crippen molar-refractivity contribution in [2.24, 2.45) is 5.92 Å². The highest BCUT2D eigenvalue weighted by Crippen LogP contribution is 2.25. The van der Waals surface area contributed by atoms with Crippen molar-refractivity contribution in [1.29, 1.82) is 0 Å². The Balaban J connectivity index is 2.50. The zero-order valence-electron chi connectivity index (χ0n) is 19.5. The van der Waals surface area contributed by atoms with Crippen LogP contribution in [0.15, 0.2) is 29.1 Å². The second kappa shape index (κ2) is 11.3. The van der Waals surface area contributed by atoms with E-state index in [9.17, 15) is 9.59 Å². The van der Waals surface area contributed by atoms with Gasteiger partial charge in [0.05, 0.1) is 16.9 Å². The van der Waals surface area contributed by atoms with Crippen LogP contribution in [0.25, 0.3) is 10.9 Å². The van der Waals surface area contributed by atoms with Gasteiger partial charge in [-0.15, -0.1) is 0 Å². The average molecular weight is 415 g/mol. The van der Waals surface area contributed by atoms with Crippen molar-refractivity contribution in [3.05, 3.63) is 40.4 Å². The first-order valence-corrected chi connectivity index (χ1v) is 11.3. The van der Waals surface area contributed by atoms with Gasteiger partial charge in [0.2, 0.25) is 5.91 Å². The number of unbranched alkanes of at least 4 members (excludes halogenated alkanes) is 1. The van der Waals surface area contributed by atoms with Gasteiger partial charge in [0, 0.05) is 25.6 Å². The van der Waals surface area contributed by atoms with E-state index in [0.29, 0.717) is 29.8 Å². The molecule has 0 aliphatic carbocycles. The Bertz CT molecular complexity index is 890. The molecule has 166 valence electrons. The number of rotatable bonds is 11. The Morgan fingerprint density at radius 3 is 2.43 bits per heavy atom. The summed E-state index contributed by atoms with van der Waals surface area (Å²) in [6.45, 7) is 10.1. The summed E-state index contributed by atoms with van der Waals surface area (Å²) in [4.78, 5) is 35.5. The number of aromatic nitrogens is 2. The van der Waals surface area contributed by atoms with Crippen LogP contribution < -0.4 is 5.56 Å². The van der Waals surface area contributed by atoms with Gasteiger partial charge in [-0.2, -0.15) is 0 Å². The zero-order valence-corrected chi connectivity index (χ0v) is 19.5. The summed E-state index contributed by atoms with van der Waals surface area (Å²) in [6.07, 6.45) is 3.87. The molecule has 1 heterocycles. The van der Waals surface area contributed by atoms with E-state index < -0.39 is 0 Å². The molecule has 0 bridgehead atoms. The van der Waals surface area contributed by atoms with E-state index in [4.69, 9.17) is 4.98 Å². The molecule has 2 aromatic rings. The van der Waals surface area contributed by atoms with Gasteiger partial charge in [0.1, 0.15) is 5.82 Å². The van der Waals surface area contributed by atoms with Crippen LogP contribution in [0.5, 0.6) is 0 Å². The van der Waals surface area contributed by atoms with E-state index >= 15 is 0 Å². The molecule has 0 radical (unpaired) electrons. The van der Waals surface area contributed by atoms with Gasteiger partial charge >= 0.3 is 0 Å². The fourth-order valence-electron chi connectivity index (χ4n) is 3.94. The number of hydrogen-bond acceptors (Lipinski definition) is 4. The van der Waals surface area contributed by atoms with Gasteiger partial charge in [-0.3, -0.25) is 14.2 Å². The molecule has 1 aromatic heterocycles. The molecule has 2 unspecified atom stereocenters. The maximum absolute atomic E-state index is 13.5. The summed E-state index contributed by atoms with van der Waals surface area (Å²) in [5, 5.41) is 0.621. The normalized spacial score (nSPS) is 13.6. The quantitative estimate of drug-likeness (QED) is 0.556. The smallest absolute Gasteiger partial charge is 0.261 e. The van der Waals surface area contributed by atoms with Crippen LogP contribution in [0.4, 0.5) is 0 Å². The molecule has 0 saturated heterocycles. The summed E-state index contributed by atoms with van der Waals surface area (Å²) in [6, 6.07) is 7.17. The van der Waals surface area contributed by atoms with Gasteiger partial charge in [-0.25, -0.2) is 4.98 Å². The van der Waals surface area contributed by atoms with Gasteiger partial charge in [0.15, 0.2) is 0 Å². The lowest BCUT2D eigenvalue weighted by atomic mass is 9.97. The van der Waals surface area contributed by atoms with Crippen LogP contribution in [0.3, 0.4) is 0 Å². The lowest BCUT2D eigenvalue weighted by Crippen LogP contribution is -2.43. The Morgan fingerprint density at radius 1 is 1.13 bits per heavy atom. The Hall–Kier alpha value is -2.21. The third-order valence-corrected chi connectivity index (χ3v) is 5.87. The Labute approximate surface area is 180 Å². The molecule has 0 N–H and O–H groups in total. The predicted octanol–water partition coefficient (Wildman–Crippen LogP) is 4.08. The molecule has 1 amide bonds. The summed E-state index contributed by atoms with van der Waals surface area (Å²) in [7, 11) is 4.02. The van der Waals surface area contributed by atoms with Crippen molar-refractivity contribution in [2.45, 2.75) is 66.0 Å². The topological polar surface area (TPSA) is 58.4 Å². The van der Waals surface area contributed by atoms with Crippen LogP contribution in [0.2, 0.25) is 0 Å². The highest BCUT2D eigenvalue weighted by Gasteiger charge is 2.29. The fraction of sp³-hybridized carbons (Fsp3) is 0.625. The van der Waals surface area contributed by atoms with Crippen LogP contribution in [0, 0.1) is 5.92 Å². The van der Waals surface area contributed by atoms with E-state index in [1.54, 1.807) is 4.57 Å². The minimum atomic E-state index is -0.273. The zero-order chi connectivity index (χ0) is 22.3. The Kier molecular flexibility index (Phi) is 9.03. The van der Waals surface area contributed by atoms with Crippen molar-refractivity contribution < 1.29 is 4.79 Å². The molecule has 30 heavy (non-hydrogen) atoms. The largest absolute Gasteiger partial charge is 0.331 e. The fourth-order valence-corrected chi connectivity index (χ4v) is 3.94. The van der Waals surface area contributed by atoms with Crippen LogP contribution >= 0.6 is 0 Å². The molecular weight excluding hydrogens is 376 g/mol. The number of likely N-dealkylation sites (N-methyl/N-ethyl adjacent to an activating group) is 1. The van der Waals surface area contributed by atoms with Crippen molar-refractivity contribution in [3.63, 3.8) is 0 Å². The number of benzene rings is 1. The second-order valence-electron chi connectivity index (χ2n) is 8.29. The first-order valence-electron chi connectivity index (χ1n) is 11.3. The van der Waals surface area contributed by atoms with E-state index in [1.807, 2.05) is 57.1 Å². The summed E-state index contributed by atoms with van der Waals surface area (Å²) >= 11 is 0. The van der Waals surface area contributed by atoms with Gasteiger partial charge in [0.25, 0.3) is 5.56 Å². The lowest BCUT2D eigenvalue weighted by Gasteiger charge is -2.34. The van der Waals surface area contributed by atoms with E-state index in [1.165, 1.54) is 0 Å².